The summed E-state index contributed by atoms with van der Waals surface area (Å²) < 4.78 is 5.79. The lowest BCUT2D eigenvalue weighted by molar-refractivity contribution is -0.128. The SMILES string of the molecule is CN(C)C(=O)Cc1cc(Cl)ccc1OCC(=O)N[C@H]1C[C@H]2CC[C@@H](C1)N2Cc1ccc(Cl)cc1. The Morgan fingerprint density at radius 3 is 2.32 bits per heavy atom. The molecule has 8 heteroatoms. The van der Waals surface area contributed by atoms with Crippen LogP contribution in [-0.4, -0.2) is 60.4 Å². The van der Waals surface area contributed by atoms with Gasteiger partial charge in [-0.3, -0.25) is 14.5 Å². The Balaban J connectivity index is 1.29. The number of carbonyl (C=O) groups excluding carboxylic acids is 2. The average Bonchev–Trinajstić information content (AvgIpc) is 3.02. The highest BCUT2D eigenvalue weighted by Crippen LogP contribution is 2.37. The molecule has 2 aliphatic rings. The molecule has 182 valence electrons. The van der Waals surface area contributed by atoms with E-state index in [1.165, 1.54) is 10.5 Å². The van der Waals surface area contributed by atoms with Crippen LogP contribution in [0.2, 0.25) is 10.0 Å². The maximum atomic E-state index is 12.7. The number of fused-ring (bicyclic) bond motifs is 2. The number of nitrogens with zero attached hydrogens (tertiary/aromatic N) is 2. The van der Waals surface area contributed by atoms with Crippen LogP contribution in [0.3, 0.4) is 0 Å². The molecule has 2 amide bonds. The fourth-order valence-corrected chi connectivity index (χ4v) is 5.33. The number of carbonyl (C=O) groups is 2. The summed E-state index contributed by atoms with van der Waals surface area (Å²) in [6.07, 6.45) is 4.38. The molecule has 2 heterocycles. The molecule has 0 aliphatic carbocycles. The minimum absolute atomic E-state index is 0.0580. The first-order valence-electron chi connectivity index (χ1n) is 11.7. The summed E-state index contributed by atoms with van der Waals surface area (Å²) in [7, 11) is 3.41. The minimum atomic E-state index is -0.143. The summed E-state index contributed by atoms with van der Waals surface area (Å²) in [5, 5.41) is 4.44. The van der Waals surface area contributed by atoms with Gasteiger partial charge in [0.25, 0.3) is 5.91 Å². The van der Waals surface area contributed by atoms with Crippen molar-refractivity contribution in [2.24, 2.45) is 0 Å². The van der Waals surface area contributed by atoms with Crippen molar-refractivity contribution in [1.29, 1.82) is 0 Å². The van der Waals surface area contributed by atoms with Gasteiger partial charge in [0.05, 0.1) is 6.42 Å². The van der Waals surface area contributed by atoms with Crippen molar-refractivity contribution in [2.75, 3.05) is 20.7 Å². The van der Waals surface area contributed by atoms with E-state index in [0.717, 1.165) is 37.3 Å². The highest BCUT2D eigenvalue weighted by Gasteiger charge is 2.40. The third-order valence-electron chi connectivity index (χ3n) is 6.75. The van der Waals surface area contributed by atoms with Crippen LogP contribution >= 0.6 is 23.2 Å². The van der Waals surface area contributed by atoms with Crippen molar-refractivity contribution >= 4 is 35.0 Å². The molecular weight excluding hydrogens is 473 g/mol. The highest BCUT2D eigenvalue weighted by atomic mass is 35.5. The molecule has 0 saturated carbocycles. The summed E-state index contributed by atoms with van der Waals surface area (Å²) in [6, 6.07) is 14.3. The molecule has 2 aliphatic heterocycles. The normalized spacial score (nSPS) is 21.8. The van der Waals surface area contributed by atoms with Gasteiger partial charge in [0.15, 0.2) is 6.61 Å². The van der Waals surface area contributed by atoms with E-state index in [2.05, 4.69) is 22.3 Å². The van der Waals surface area contributed by atoms with Crippen molar-refractivity contribution in [1.82, 2.24) is 15.1 Å². The van der Waals surface area contributed by atoms with Crippen LogP contribution in [0.5, 0.6) is 5.75 Å². The second-order valence-electron chi connectivity index (χ2n) is 9.43. The molecule has 0 aromatic heterocycles. The topological polar surface area (TPSA) is 61.9 Å². The summed E-state index contributed by atoms with van der Waals surface area (Å²) in [6.45, 7) is 0.826. The second-order valence-corrected chi connectivity index (χ2v) is 10.3. The standard InChI is InChI=1S/C26H31Cl2N3O3/c1-30(2)26(33)12-18-11-20(28)7-10-24(18)34-16-25(32)29-21-13-22-8-9-23(14-21)31(22)15-17-3-5-19(27)6-4-17/h3-7,10-11,21-23H,8-9,12-16H2,1-2H3,(H,29,32)/t21-,22+,23-. The number of nitrogens with one attached hydrogen (secondary N) is 1. The van der Waals surface area contributed by atoms with Gasteiger partial charge in [-0.25, -0.2) is 0 Å². The zero-order chi connectivity index (χ0) is 24.2. The molecule has 34 heavy (non-hydrogen) atoms. The lowest BCUT2D eigenvalue weighted by Gasteiger charge is -2.39. The molecule has 2 fully saturated rings. The Morgan fingerprint density at radius 2 is 1.68 bits per heavy atom. The molecule has 2 aromatic carbocycles. The van der Waals surface area contributed by atoms with E-state index in [1.807, 2.05) is 12.1 Å². The van der Waals surface area contributed by atoms with Gasteiger partial charge in [0.2, 0.25) is 5.91 Å². The van der Waals surface area contributed by atoms with E-state index in [9.17, 15) is 9.59 Å². The van der Waals surface area contributed by atoms with Gasteiger partial charge in [-0.1, -0.05) is 35.3 Å². The summed E-state index contributed by atoms with van der Waals surface area (Å²) >= 11 is 12.1. The number of halogens is 2. The van der Waals surface area contributed by atoms with Gasteiger partial charge in [0.1, 0.15) is 5.75 Å². The number of piperidine rings is 1. The number of rotatable bonds is 8. The van der Waals surface area contributed by atoms with Crippen molar-refractivity contribution in [3.05, 3.63) is 63.6 Å². The maximum absolute atomic E-state index is 12.7. The molecule has 6 nitrogen and oxygen atoms in total. The third kappa shape index (κ3) is 6.23. The number of benzene rings is 2. The minimum Gasteiger partial charge on any atom is -0.483 e. The Hall–Kier alpha value is -2.28. The fourth-order valence-electron chi connectivity index (χ4n) is 5.01. The summed E-state index contributed by atoms with van der Waals surface area (Å²) in [5.74, 6) is 0.306. The van der Waals surface area contributed by atoms with E-state index in [1.54, 1.807) is 32.3 Å². The molecule has 0 spiro atoms. The summed E-state index contributed by atoms with van der Waals surface area (Å²) in [4.78, 5) is 28.9. The van der Waals surface area contributed by atoms with Gasteiger partial charge in [-0.2, -0.15) is 0 Å². The number of ether oxygens (including phenoxy) is 1. The van der Waals surface area contributed by atoms with E-state index in [4.69, 9.17) is 27.9 Å². The van der Waals surface area contributed by atoms with Crippen LogP contribution < -0.4 is 10.1 Å². The van der Waals surface area contributed by atoms with Crippen LogP contribution in [-0.2, 0) is 22.6 Å². The molecule has 0 radical (unpaired) electrons. The number of hydrogen-bond donors (Lipinski definition) is 1. The largest absolute Gasteiger partial charge is 0.483 e. The first-order chi connectivity index (χ1) is 16.3. The molecule has 1 N–H and O–H groups in total. The molecule has 2 aromatic rings. The van der Waals surface area contributed by atoms with E-state index >= 15 is 0 Å². The Morgan fingerprint density at radius 1 is 1.03 bits per heavy atom. The quantitative estimate of drug-likeness (QED) is 0.582. The molecule has 3 atom stereocenters. The van der Waals surface area contributed by atoms with Gasteiger partial charge >= 0.3 is 0 Å². The van der Waals surface area contributed by atoms with Crippen LogP contribution in [0, 0.1) is 0 Å². The predicted octanol–water partition coefficient (Wildman–Crippen LogP) is 4.31. The average molecular weight is 504 g/mol. The van der Waals surface area contributed by atoms with Gasteiger partial charge in [-0.15, -0.1) is 0 Å². The zero-order valence-electron chi connectivity index (χ0n) is 19.6. The van der Waals surface area contributed by atoms with Gasteiger partial charge in [-0.05, 0) is 61.6 Å². The van der Waals surface area contributed by atoms with Crippen LogP contribution in [0.25, 0.3) is 0 Å². The smallest absolute Gasteiger partial charge is 0.258 e. The fraction of sp³-hybridized carbons (Fsp3) is 0.462. The maximum Gasteiger partial charge on any atom is 0.258 e. The van der Waals surface area contributed by atoms with Gasteiger partial charge in [0, 0.05) is 54.4 Å². The van der Waals surface area contributed by atoms with Gasteiger partial charge < -0.3 is 15.0 Å². The first kappa shape index (κ1) is 24.8. The number of likely N-dealkylation sites (N-methyl/N-ethyl adjacent to an activating group) is 1. The second kappa shape index (κ2) is 11.0. The molecule has 2 bridgehead atoms. The van der Waals surface area contributed by atoms with E-state index < -0.39 is 0 Å². The molecule has 4 rings (SSSR count). The molecule has 0 unspecified atom stereocenters. The monoisotopic (exact) mass is 503 g/mol. The molecule has 2 saturated heterocycles. The lowest BCUT2D eigenvalue weighted by Crippen LogP contribution is -2.50. The van der Waals surface area contributed by atoms with Crippen molar-refractivity contribution in [2.45, 2.75) is 56.8 Å². The van der Waals surface area contributed by atoms with Crippen LogP contribution in [0.4, 0.5) is 0 Å². The van der Waals surface area contributed by atoms with Crippen LogP contribution in [0.15, 0.2) is 42.5 Å². The Kier molecular flexibility index (Phi) is 8.02. The first-order valence-corrected chi connectivity index (χ1v) is 12.4. The van der Waals surface area contributed by atoms with Crippen LogP contribution in [0.1, 0.15) is 36.8 Å². The summed E-state index contributed by atoms with van der Waals surface area (Å²) in [5.41, 5.74) is 1.94. The van der Waals surface area contributed by atoms with Crippen molar-refractivity contribution < 1.29 is 14.3 Å². The zero-order valence-corrected chi connectivity index (χ0v) is 21.1. The van der Waals surface area contributed by atoms with Crippen molar-refractivity contribution in [3.63, 3.8) is 0 Å². The third-order valence-corrected chi connectivity index (χ3v) is 7.24. The number of amides is 2. The van der Waals surface area contributed by atoms with E-state index in [0.29, 0.717) is 28.4 Å². The van der Waals surface area contributed by atoms with Crippen molar-refractivity contribution in [3.8, 4) is 5.75 Å². The number of hydrogen-bond acceptors (Lipinski definition) is 4. The molecular formula is C26H31Cl2N3O3. The lowest BCUT2D eigenvalue weighted by atomic mass is 9.96. The van der Waals surface area contributed by atoms with E-state index in [-0.39, 0.29) is 30.9 Å². The predicted molar refractivity (Wildman–Crippen MR) is 134 cm³/mol. The Bertz CT molecular complexity index is 1010. The Labute approximate surface area is 211 Å². The highest BCUT2D eigenvalue weighted by molar-refractivity contribution is 6.30.